The number of amides is 2. The molecular weight excluding hydrogens is 721 g/mol. The number of nitrogens with one attached hydrogen (secondary N) is 2. The van der Waals surface area contributed by atoms with Crippen molar-refractivity contribution in [1.82, 2.24) is 24.7 Å². The summed E-state index contributed by atoms with van der Waals surface area (Å²) in [6.45, 7) is 2.16. The summed E-state index contributed by atoms with van der Waals surface area (Å²) >= 11 is 0. The lowest BCUT2D eigenvalue weighted by Gasteiger charge is -2.15. The van der Waals surface area contributed by atoms with Gasteiger partial charge in [-0.3, -0.25) is 19.1 Å². The van der Waals surface area contributed by atoms with E-state index in [0.717, 1.165) is 30.9 Å². The Hall–Kier alpha value is -7.10. The number of aromatic carboxylic acids is 2. The Kier molecular flexibility index (Phi) is 12.3. The van der Waals surface area contributed by atoms with Crippen LogP contribution >= 0.6 is 0 Å². The highest BCUT2D eigenvalue weighted by molar-refractivity contribution is 6.10. The first-order valence-electron chi connectivity index (χ1n) is 17.9. The van der Waals surface area contributed by atoms with Crippen LogP contribution in [-0.2, 0) is 17.6 Å². The molecule has 0 saturated carbocycles. The molecule has 0 radical (unpaired) electrons. The number of carboxylic acid groups (broad SMARTS) is 2. The van der Waals surface area contributed by atoms with Crippen LogP contribution < -0.4 is 15.5 Å². The van der Waals surface area contributed by atoms with Crippen LogP contribution in [0.2, 0.25) is 0 Å². The third-order valence-electron chi connectivity index (χ3n) is 9.05. The Balaban J connectivity index is 1.14. The zero-order valence-corrected chi connectivity index (χ0v) is 30.4. The van der Waals surface area contributed by atoms with E-state index in [1.165, 1.54) is 24.4 Å². The van der Waals surface area contributed by atoms with Gasteiger partial charge in [0.2, 0.25) is 0 Å². The fourth-order valence-electron chi connectivity index (χ4n) is 6.07. The number of nitrogens with zero attached hydrogens (tertiary/aromatic N) is 7. The van der Waals surface area contributed by atoms with Crippen LogP contribution in [-0.4, -0.2) is 71.1 Å². The molecule has 2 amide bonds. The van der Waals surface area contributed by atoms with E-state index in [4.69, 9.17) is 0 Å². The highest BCUT2D eigenvalue weighted by Crippen LogP contribution is 2.25. The molecule has 6 rings (SSSR count). The van der Waals surface area contributed by atoms with Crippen molar-refractivity contribution in [2.45, 2.75) is 51.9 Å². The van der Waals surface area contributed by atoms with Gasteiger partial charge in [-0.1, -0.05) is 19.1 Å². The molecule has 3 aromatic heterocycles. The molecule has 286 valence electrons. The molecule has 4 aromatic rings. The standard InChI is InChI=1S/C40H38FN9O6/c1-2-26-23-43-34(50-18-15-42-24-50)13-11-28(26)37(51)46-33-19-25(22-44-36(33)40(55)56)9-8-10-27-20-32(29(39(53)54)21-30(27)41)45-38(52)31-12-14-35(48-47-31)49-16-6-4-3-5-7-17-49/h6-7,11-22,24H,2-5,8-10,23H2,1H3,(H,45,52)(H,46,51)(H,53,54)(H,55,56)/b16-6-,17-7-. The first-order valence-corrected chi connectivity index (χ1v) is 17.9. The minimum atomic E-state index is -1.44. The number of pyridine rings is 1. The average molecular weight is 760 g/mol. The van der Waals surface area contributed by atoms with Crippen LogP contribution in [0.3, 0.4) is 0 Å². The van der Waals surface area contributed by atoms with Crippen LogP contribution in [0.25, 0.3) is 0 Å². The molecule has 0 saturated heterocycles. The van der Waals surface area contributed by atoms with Gasteiger partial charge in [0.05, 0.1) is 23.5 Å². The van der Waals surface area contributed by atoms with Crippen molar-refractivity contribution in [1.29, 1.82) is 0 Å². The number of anilines is 3. The van der Waals surface area contributed by atoms with Crippen molar-refractivity contribution < 1.29 is 33.8 Å². The molecule has 56 heavy (non-hydrogen) atoms. The summed E-state index contributed by atoms with van der Waals surface area (Å²) in [5.74, 6) is -3.72. The second kappa shape index (κ2) is 17.8. The predicted octanol–water partition coefficient (Wildman–Crippen LogP) is 6.21. The minimum Gasteiger partial charge on any atom is -0.478 e. The number of hydrogen-bond acceptors (Lipinski definition) is 10. The number of carbonyl (C=O) groups excluding carboxylic acids is 2. The molecule has 0 spiro atoms. The summed E-state index contributed by atoms with van der Waals surface area (Å²) < 4.78 is 16.9. The molecule has 0 aliphatic carbocycles. The Morgan fingerprint density at radius 1 is 0.911 bits per heavy atom. The number of imidazole rings is 1. The van der Waals surface area contributed by atoms with Gasteiger partial charge in [0.15, 0.2) is 17.2 Å². The number of aryl methyl sites for hydroxylation is 2. The molecule has 2 aliphatic heterocycles. The zero-order chi connectivity index (χ0) is 39.6. The van der Waals surface area contributed by atoms with Crippen LogP contribution in [0.5, 0.6) is 0 Å². The summed E-state index contributed by atoms with van der Waals surface area (Å²) in [7, 11) is 0. The van der Waals surface area contributed by atoms with E-state index >= 15 is 4.39 Å². The highest BCUT2D eigenvalue weighted by atomic mass is 19.1. The lowest BCUT2D eigenvalue weighted by atomic mass is 10.0. The van der Waals surface area contributed by atoms with Gasteiger partial charge < -0.3 is 25.7 Å². The summed E-state index contributed by atoms with van der Waals surface area (Å²) in [4.78, 5) is 65.2. The number of carbonyl (C=O) groups is 4. The SMILES string of the molecule is CCC1=C(C(=O)Nc2cc(CCCc3cc(NC(=O)c4ccc(N5/C=C\CCC/C=C\5)nn4)c(C(=O)O)cc3F)cnc2C(=O)O)C=CC(n2ccnc2)=NC1. The van der Waals surface area contributed by atoms with Gasteiger partial charge in [0, 0.05) is 36.6 Å². The highest BCUT2D eigenvalue weighted by Gasteiger charge is 2.22. The molecule has 1 aromatic carbocycles. The smallest absolute Gasteiger partial charge is 0.356 e. The normalized spacial score (nSPS) is 15.2. The molecule has 0 bridgehead atoms. The second-order valence-corrected chi connectivity index (χ2v) is 12.8. The van der Waals surface area contributed by atoms with Gasteiger partial charge in [-0.15, -0.1) is 10.2 Å². The number of allylic oxidation sites excluding steroid dienone is 3. The Morgan fingerprint density at radius 3 is 2.38 bits per heavy atom. The molecular formula is C40H38FN9O6. The quantitative estimate of drug-likeness (QED) is 0.128. The van der Waals surface area contributed by atoms with Gasteiger partial charge >= 0.3 is 11.9 Å². The Morgan fingerprint density at radius 2 is 1.70 bits per heavy atom. The Labute approximate surface area is 320 Å². The zero-order valence-electron chi connectivity index (χ0n) is 30.4. The van der Waals surface area contributed by atoms with Gasteiger partial charge in [-0.05, 0) is 104 Å². The maximum atomic E-state index is 15.2. The number of aliphatic imine (C=N–C) groups is 1. The second-order valence-electron chi connectivity index (χ2n) is 12.8. The number of benzene rings is 1. The number of halogens is 1. The largest absolute Gasteiger partial charge is 0.478 e. The average Bonchev–Trinajstić information content (AvgIpc) is 3.62. The van der Waals surface area contributed by atoms with Crippen LogP contribution in [0.4, 0.5) is 21.6 Å². The maximum Gasteiger partial charge on any atom is 0.356 e. The van der Waals surface area contributed by atoms with Crippen LogP contribution in [0.1, 0.15) is 81.5 Å². The van der Waals surface area contributed by atoms with Gasteiger partial charge in [-0.25, -0.2) is 23.9 Å². The summed E-state index contributed by atoms with van der Waals surface area (Å²) in [6, 6.07) is 6.71. The van der Waals surface area contributed by atoms with Crippen LogP contribution in [0, 0.1) is 5.82 Å². The minimum absolute atomic E-state index is 0.00993. The molecule has 2 aliphatic rings. The molecule has 0 atom stereocenters. The van der Waals surface area contributed by atoms with E-state index in [-0.39, 0.29) is 41.3 Å². The monoisotopic (exact) mass is 759 g/mol. The molecule has 0 unspecified atom stereocenters. The molecule has 0 fully saturated rings. The van der Waals surface area contributed by atoms with Crippen molar-refractivity contribution in [2.24, 2.45) is 4.99 Å². The first kappa shape index (κ1) is 38.6. The van der Waals surface area contributed by atoms with E-state index in [9.17, 15) is 29.4 Å². The van der Waals surface area contributed by atoms with E-state index in [0.29, 0.717) is 42.1 Å². The lowest BCUT2D eigenvalue weighted by Crippen LogP contribution is -2.19. The lowest BCUT2D eigenvalue weighted by molar-refractivity contribution is -0.112. The number of hydrogen-bond donors (Lipinski definition) is 4. The van der Waals surface area contributed by atoms with E-state index in [1.807, 2.05) is 31.5 Å². The van der Waals surface area contributed by atoms with Crippen molar-refractivity contribution in [2.75, 3.05) is 22.1 Å². The van der Waals surface area contributed by atoms with E-state index < -0.39 is 35.1 Å². The van der Waals surface area contributed by atoms with Crippen molar-refractivity contribution >= 4 is 46.8 Å². The van der Waals surface area contributed by atoms with Gasteiger partial charge in [-0.2, -0.15) is 0 Å². The predicted molar refractivity (Wildman–Crippen MR) is 206 cm³/mol. The number of rotatable bonds is 12. The topological polar surface area (TPSA) is 205 Å². The Bertz CT molecular complexity index is 2280. The molecule has 15 nitrogen and oxygen atoms in total. The number of aromatic nitrogens is 5. The fourth-order valence-corrected chi connectivity index (χ4v) is 6.07. The maximum absolute atomic E-state index is 15.2. The van der Waals surface area contributed by atoms with Gasteiger partial charge in [0.1, 0.15) is 18.0 Å². The fraction of sp³-hybridized carbons (Fsp3) is 0.225. The van der Waals surface area contributed by atoms with Crippen molar-refractivity contribution in [3.8, 4) is 0 Å². The first-order chi connectivity index (χ1) is 27.1. The third kappa shape index (κ3) is 9.33. The summed E-state index contributed by atoms with van der Waals surface area (Å²) in [5.41, 5.74) is 0.815. The van der Waals surface area contributed by atoms with Gasteiger partial charge in [0.25, 0.3) is 11.8 Å². The number of carboxylic acids is 2. The van der Waals surface area contributed by atoms with E-state index in [2.05, 4.69) is 35.8 Å². The molecule has 4 N–H and O–H groups in total. The van der Waals surface area contributed by atoms with Crippen LogP contribution in [0.15, 0.2) is 108 Å². The molecule has 5 heterocycles. The molecule has 16 heteroatoms. The third-order valence-corrected chi connectivity index (χ3v) is 9.05. The van der Waals surface area contributed by atoms with Crippen molar-refractivity contribution in [3.05, 3.63) is 137 Å². The summed E-state index contributed by atoms with van der Waals surface area (Å²) in [5, 5.41) is 33.0. The summed E-state index contributed by atoms with van der Waals surface area (Å²) in [6.07, 6.45) is 21.5. The van der Waals surface area contributed by atoms with E-state index in [1.54, 1.807) is 46.4 Å². The van der Waals surface area contributed by atoms with Crippen molar-refractivity contribution in [3.63, 3.8) is 0 Å².